The topological polar surface area (TPSA) is 96.0 Å². The molecule has 5 nitrogen and oxygen atoms in total. The molecule has 7 heteroatoms. The highest BCUT2D eigenvalue weighted by molar-refractivity contribution is 7.98. The van der Waals surface area contributed by atoms with Crippen LogP contribution < -0.4 is 9.86 Å². The van der Waals surface area contributed by atoms with Crippen molar-refractivity contribution in [1.82, 2.24) is 0 Å². The molecule has 0 spiro atoms. The van der Waals surface area contributed by atoms with Gasteiger partial charge in [0.15, 0.2) is 0 Å². The molecule has 0 heterocycles. The van der Waals surface area contributed by atoms with Crippen molar-refractivity contribution < 1.29 is 8.42 Å². The second kappa shape index (κ2) is 4.53. The molecule has 3 N–H and O–H groups in total. The fourth-order valence-electron chi connectivity index (χ4n) is 1.05. The van der Waals surface area contributed by atoms with Gasteiger partial charge in [0.05, 0.1) is 11.3 Å². The summed E-state index contributed by atoms with van der Waals surface area (Å²) in [7, 11) is -3.85. The fraction of sp³-hybridized carbons (Fsp3) is 0.125. The number of nitriles is 1. The molecule has 0 unspecified atom stereocenters. The van der Waals surface area contributed by atoms with Crippen LogP contribution in [0.1, 0.15) is 5.56 Å². The first-order valence-corrected chi connectivity index (χ1v) is 6.62. The summed E-state index contributed by atoms with van der Waals surface area (Å²) < 4.78 is 23.7. The normalized spacial score (nSPS) is 10.7. The van der Waals surface area contributed by atoms with Crippen LogP contribution in [-0.2, 0) is 10.2 Å². The lowest BCUT2D eigenvalue weighted by molar-refractivity contribution is 0.603. The van der Waals surface area contributed by atoms with Crippen molar-refractivity contribution in [3.63, 3.8) is 0 Å². The van der Waals surface area contributed by atoms with Gasteiger partial charge >= 0.3 is 0 Å². The van der Waals surface area contributed by atoms with Gasteiger partial charge in [0.25, 0.3) is 10.2 Å². The Labute approximate surface area is 92.5 Å². The van der Waals surface area contributed by atoms with Crippen LogP contribution in [0.4, 0.5) is 5.69 Å². The summed E-state index contributed by atoms with van der Waals surface area (Å²) in [5.74, 6) is 0. The second-order valence-electron chi connectivity index (χ2n) is 2.64. The molecule has 0 aliphatic carbocycles. The van der Waals surface area contributed by atoms with Gasteiger partial charge in [0.2, 0.25) is 0 Å². The van der Waals surface area contributed by atoms with E-state index in [0.717, 1.165) is 0 Å². The second-order valence-corrected chi connectivity index (χ2v) is 4.78. The van der Waals surface area contributed by atoms with E-state index in [0.29, 0.717) is 4.90 Å². The van der Waals surface area contributed by atoms with E-state index in [4.69, 9.17) is 10.4 Å². The molecule has 15 heavy (non-hydrogen) atoms. The lowest BCUT2D eigenvalue weighted by Crippen LogP contribution is -2.22. The molecule has 1 aromatic carbocycles. The molecule has 0 amide bonds. The first-order valence-electron chi connectivity index (χ1n) is 3.85. The molecule has 0 fully saturated rings. The minimum absolute atomic E-state index is 0.201. The Morgan fingerprint density at radius 3 is 2.67 bits per heavy atom. The van der Waals surface area contributed by atoms with Crippen LogP contribution in [0, 0.1) is 11.3 Å². The molecule has 0 radical (unpaired) electrons. The van der Waals surface area contributed by atoms with Gasteiger partial charge in [-0.2, -0.15) is 13.7 Å². The van der Waals surface area contributed by atoms with Gasteiger partial charge in [-0.05, 0) is 18.4 Å². The van der Waals surface area contributed by atoms with Crippen molar-refractivity contribution in [3.05, 3.63) is 23.8 Å². The Hall–Kier alpha value is -1.23. The van der Waals surface area contributed by atoms with Crippen LogP contribution in [0.2, 0.25) is 0 Å². The highest BCUT2D eigenvalue weighted by atomic mass is 32.2. The van der Waals surface area contributed by atoms with Gasteiger partial charge in [-0.3, -0.25) is 4.72 Å². The summed E-state index contributed by atoms with van der Waals surface area (Å²) in [5.41, 5.74) is 0.478. The minimum atomic E-state index is -3.85. The zero-order chi connectivity index (χ0) is 11.5. The van der Waals surface area contributed by atoms with E-state index in [-0.39, 0.29) is 11.3 Å². The summed E-state index contributed by atoms with van der Waals surface area (Å²) in [4.78, 5) is 0.700. The third-order valence-corrected chi connectivity index (χ3v) is 2.89. The molecule has 0 aromatic heterocycles. The minimum Gasteiger partial charge on any atom is -0.270 e. The maximum atomic E-state index is 10.8. The standard InChI is InChI=1S/C8H9N3O2S2/c1-14-8-4-2-3-7(6(8)5-9)11-15(10,12)13/h2-4,11H,1H3,(H2,10,12,13). The summed E-state index contributed by atoms with van der Waals surface area (Å²) >= 11 is 1.36. The van der Waals surface area contributed by atoms with E-state index in [2.05, 4.69) is 4.72 Å². The number of hydrogen-bond donors (Lipinski definition) is 2. The average molecular weight is 243 g/mol. The molecule has 0 saturated carbocycles. The van der Waals surface area contributed by atoms with Gasteiger partial charge in [-0.25, -0.2) is 5.14 Å². The number of nitrogens with two attached hydrogens (primary N) is 1. The summed E-state index contributed by atoms with van der Waals surface area (Å²) in [6.45, 7) is 0. The zero-order valence-electron chi connectivity index (χ0n) is 7.89. The molecule has 0 atom stereocenters. The molecule has 0 saturated heterocycles. The number of benzene rings is 1. The summed E-state index contributed by atoms with van der Waals surface area (Å²) in [6, 6.07) is 6.81. The van der Waals surface area contributed by atoms with E-state index < -0.39 is 10.2 Å². The van der Waals surface area contributed by atoms with Crippen molar-refractivity contribution >= 4 is 27.7 Å². The lowest BCUT2D eigenvalue weighted by atomic mass is 10.2. The van der Waals surface area contributed by atoms with Crippen LogP contribution in [0.5, 0.6) is 0 Å². The number of nitrogens with zero attached hydrogens (tertiary/aromatic N) is 1. The van der Waals surface area contributed by atoms with Crippen LogP contribution in [-0.4, -0.2) is 14.7 Å². The quantitative estimate of drug-likeness (QED) is 0.771. The predicted octanol–water partition coefficient (Wildman–Crippen LogP) is 0.896. The lowest BCUT2D eigenvalue weighted by Gasteiger charge is -2.07. The molecule has 0 aliphatic heterocycles. The Morgan fingerprint density at radius 2 is 2.20 bits per heavy atom. The number of hydrogen-bond acceptors (Lipinski definition) is 4. The third kappa shape index (κ3) is 3.13. The summed E-state index contributed by atoms with van der Waals surface area (Å²) in [6.07, 6.45) is 1.80. The van der Waals surface area contributed by atoms with E-state index in [1.807, 2.05) is 6.07 Å². The molecular formula is C8H9N3O2S2. The van der Waals surface area contributed by atoms with Crippen LogP contribution >= 0.6 is 11.8 Å². The van der Waals surface area contributed by atoms with Gasteiger partial charge in [0.1, 0.15) is 6.07 Å². The van der Waals surface area contributed by atoms with Crippen LogP contribution in [0.25, 0.3) is 0 Å². The highest BCUT2D eigenvalue weighted by Gasteiger charge is 2.10. The van der Waals surface area contributed by atoms with Gasteiger partial charge in [-0.15, -0.1) is 11.8 Å². The van der Waals surface area contributed by atoms with E-state index >= 15 is 0 Å². The number of rotatable bonds is 3. The third-order valence-electron chi connectivity index (χ3n) is 1.61. The van der Waals surface area contributed by atoms with E-state index in [1.165, 1.54) is 17.8 Å². The van der Waals surface area contributed by atoms with Crippen molar-refractivity contribution in [1.29, 1.82) is 5.26 Å². The Balaban J connectivity index is 3.26. The zero-order valence-corrected chi connectivity index (χ0v) is 9.52. The largest absolute Gasteiger partial charge is 0.296 e. The van der Waals surface area contributed by atoms with Crippen molar-refractivity contribution in [2.75, 3.05) is 11.0 Å². The number of nitrogens with one attached hydrogen (secondary N) is 1. The number of thioether (sulfide) groups is 1. The first kappa shape index (κ1) is 11.8. The monoisotopic (exact) mass is 243 g/mol. The van der Waals surface area contributed by atoms with E-state index in [1.54, 1.807) is 18.4 Å². The highest BCUT2D eigenvalue weighted by Crippen LogP contribution is 2.26. The van der Waals surface area contributed by atoms with Crippen molar-refractivity contribution in [2.24, 2.45) is 5.14 Å². The fourth-order valence-corrected chi connectivity index (χ4v) is 2.11. The molecule has 80 valence electrons. The Morgan fingerprint density at radius 1 is 1.53 bits per heavy atom. The van der Waals surface area contributed by atoms with Crippen molar-refractivity contribution in [3.8, 4) is 6.07 Å². The van der Waals surface area contributed by atoms with Crippen LogP contribution in [0.3, 0.4) is 0 Å². The molecule has 1 rings (SSSR count). The van der Waals surface area contributed by atoms with E-state index in [9.17, 15) is 8.42 Å². The Bertz CT molecular complexity index is 505. The number of anilines is 1. The molecule has 0 bridgehead atoms. The summed E-state index contributed by atoms with van der Waals surface area (Å²) in [5, 5.41) is 13.7. The molecular weight excluding hydrogens is 234 g/mol. The molecule has 0 aliphatic rings. The SMILES string of the molecule is CSc1cccc(NS(N)(=O)=O)c1C#N. The maximum Gasteiger partial charge on any atom is 0.296 e. The smallest absolute Gasteiger partial charge is 0.270 e. The maximum absolute atomic E-state index is 10.8. The van der Waals surface area contributed by atoms with Crippen LogP contribution in [0.15, 0.2) is 23.1 Å². The van der Waals surface area contributed by atoms with Gasteiger partial charge < -0.3 is 0 Å². The van der Waals surface area contributed by atoms with Gasteiger partial charge in [0, 0.05) is 4.90 Å². The predicted molar refractivity (Wildman–Crippen MR) is 59.7 cm³/mol. The Kier molecular flexibility index (Phi) is 3.57. The first-order chi connectivity index (χ1) is 6.98. The average Bonchev–Trinajstić information content (AvgIpc) is 2.15. The van der Waals surface area contributed by atoms with Crippen molar-refractivity contribution in [2.45, 2.75) is 4.90 Å². The van der Waals surface area contributed by atoms with Gasteiger partial charge in [-0.1, -0.05) is 6.07 Å². The molecule has 1 aromatic rings.